The van der Waals surface area contributed by atoms with E-state index < -0.39 is 0 Å². The van der Waals surface area contributed by atoms with Gasteiger partial charge in [0.2, 0.25) is 0 Å². The molecule has 0 aliphatic heterocycles. The molecule has 0 radical (unpaired) electrons. The highest BCUT2D eigenvalue weighted by Gasteiger charge is 2.07. The molecule has 5 heteroatoms. The Morgan fingerprint density at radius 2 is 1.81 bits per heavy atom. The van der Waals surface area contributed by atoms with E-state index in [2.05, 4.69) is 50.4 Å². The molecular formula is C16H15N5. The van der Waals surface area contributed by atoms with Gasteiger partial charge in [0.25, 0.3) is 0 Å². The lowest BCUT2D eigenvalue weighted by molar-refractivity contribution is 0.872. The van der Waals surface area contributed by atoms with Gasteiger partial charge in [-0.15, -0.1) is 0 Å². The highest BCUT2D eigenvalue weighted by Crippen LogP contribution is 2.23. The lowest BCUT2D eigenvalue weighted by Crippen LogP contribution is -2.07. The zero-order chi connectivity index (χ0) is 14.5. The summed E-state index contributed by atoms with van der Waals surface area (Å²) < 4.78 is 0. The van der Waals surface area contributed by atoms with Crippen molar-refractivity contribution in [2.45, 2.75) is 13.0 Å². The normalized spacial score (nSPS) is 11.9. The Kier molecular flexibility index (Phi) is 3.82. The highest BCUT2D eigenvalue weighted by molar-refractivity contribution is 5.62. The Morgan fingerprint density at radius 3 is 2.57 bits per heavy atom. The van der Waals surface area contributed by atoms with E-state index in [0.717, 1.165) is 16.9 Å². The van der Waals surface area contributed by atoms with Gasteiger partial charge in [-0.2, -0.15) is 0 Å². The van der Waals surface area contributed by atoms with E-state index in [4.69, 9.17) is 0 Å². The number of aromatic nitrogens is 4. The third-order valence-electron chi connectivity index (χ3n) is 3.23. The summed E-state index contributed by atoms with van der Waals surface area (Å²) in [5.74, 6) is 0.811. The average molecular weight is 277 g/mol. The first-order chi connectivity index (χ1) is 10.3. The maximum Gasteiger partial charge on any atom is 0.129 e. The minimum atomic E-state index is 0.143. The summed E-state index contributed by atoms with van der Waals surface area (Å²) in [5, 5.41) is 3.35. The van der Waals surface area contributed by atoms with Crippen LogP contribution >= 0.6 is 0 Å². The smallest absolute Gasteiger partial charge is 0.129 e. The molecule has 1 atom stereocenters. The minimum Gasteiger partial charge on any atom is -0.363 e. The molecule has 2 heterocycles. The van der Waals surface area contributed by atoms with Gasteiger partial charge in [0.05, 0.1) is 0 Å². The van der Waals surface area contributed by atoms with Crippen molar-refractivity contribution in [3.05, 3.63) is 67.1 Å². The zero-order valence-electron chi connectivity index (χ0n) is 11.6. The summed E-state index contributed by atoms with van der Waals surface area (Å²) in [4.78, 5) is 16.2. The maximum atomic E-state index is 4.18. The van der Waals surface area contributed by atoms with Crippen molar-refractivity contribution in [1.82, 2.24) is 19.9 Å². The molecule has 0 aliphatic rings. The predicted octanol–water partition coefficient (Wildman–Crippen LogP) is 3.11. The van der Waals surface area contributed by atoms with Gasteiger partial charge in [-0.1, -0.05) is 18.2 Å². The van der Waals surface area contributed by atoms with Crippen LogP contribution in [0.25, 0.3) is 11.1 Å². The standard InChI is InChI=1S/C16H15N5/c1-12(21-16-5-6-17-11-20-16)13-3-2-4-14(7-13)15-8-18-10-19-9-15/h2-12H,1H3,(H,17,20,21)/t12-/m0/s1. The molecule has 2 aromatic heterocycles. The van der Waals surface area contributed by atoms with Gasteiger partial charge in [-0.25, -0.2) is 19.9 Å². The molecule has 0 unspecified atom stereocenters. The van der Waals surface area contributed by atoms with Crippen LogP contribution in [0, 0.1) is 0 Å². The van der Waals surface area contributed by atoms with E-state index in [0.29, 0.717) is 0 Å². The third-order valence-corrected chi connectivity index (χ3v) is 3.23. The first kappa shape index (κ1) is 13.2. The summed E-state index contributed by atoms with van der Waals surface area (Å²) in [5.41, 5.74) is 3.29. The average Bonchev–Trinajstić information content (AvgIpc) is 2.57. The SMILES string of the molecule is C[C@H](Nc1ccncn1)c1cccc(-c2cncnc2)c1. The molecule has 3 aromatic rings. The van der Waals surface area contributed by atoms with Crippen LogP contribution < -0.4 is 5.32 Å². The Bertz CT molecular complexity index is 700. The van der Waals surface area contributed by atoms with Crippen LogP contribution in [0.4, 0.5) is 5.82 Å². The van der Waals surface area contributed by atoms with Crippen molar-refractivity contribution in [3.8, 4) is 11.1 Å². The molecule has 0 amide bonds. The summed E-state index contributed by atoms with van der Waals surface area (Å²) in [6, 6.07) is 10.3. The van der Waals surface area contributed by atoms with Crippen LogP contribution in [-0.2, 0) is 0 Å². The van der Waals surface area contributed by atoms with Gasteiger partial charge < -0.3 is 5.32 Å². The maximum absolute atomic E-state index is 4.18. The number of nitrogens with one attached hydrogen (secondary N) is 1. The molecule has 5 nitrogen and oxygen atoms in total. The summed E-state index contributed by atoms with van der Waals surface area (Å²) in [6.45, 7) is 2.10. The van der Waals surface area contributed by atoms with Gasteiger partial charge in [0.1, 0.15) is 18.5 Å². The van der Waals surface area contributed by atoms with Crippen molar-refractivity contribution in [2.75, 3.05) is 5.32 Å². The molecule has 0 spiro atoms. The van der Waals surface area contributed by atoms with E-state index in [1.54, 1.807) is 6.20 Å². The number of nitrogens with zero attached hydrogens (tertiary/aromatic N) is 4. The Labute approximate surface area is 123 Å². The molecular weight excluding hydrogens is 262 g/mol. The molecule has 1 N–H and O–H groups in total. The Morgan fingerprint density at radius 1 is 0.952 bits per heavy atom. The fourth-order valence-corrected chi connectivity index (χ4v) is 2.12. The van der Waals surface area contributed by atoms with Gasteiger partial charge in [0, 0.05) is 30.2 Å². The first-order valence-corrected chi connectivity index (χ1v) is 6.71. The molecule has 0 aliphatic carbocycles. The third kappa shape index (κ3) is 3.20. The second kappa shape index (κ2) is 6.09. The van der Waals surface area contributed by atoms with Gasteiger partial charge in [0.15, 0.2) is 0 Å². The fraction of sp³-hybridized carbons (Fsp3) is 0.125. The lowest BCUT2D eigenvalue weighted by atomic mass is 10.0. The minimum absolute atomic E-state index is 0.143. The second-order valence-electron chi connectivity index (χ2n) is 4.71. The zero-order valence-corrected chi connectivity index (χ0v) is 11.6. The lowest BCUT2D eigenvalue weighted by Gasteiger charge is -2.15. The summed E-state index contributed by atoms with van der Waals surface area (Å²) in [7, 11) is 0. The van der Waals surface area contributed by atoms with Crippen LogP contribution in [0.15, 0.2) is 61.6 Å². The number of benzene rings is 1. The van der Waals surface area contributed by atoms with Crippen molar-refractivity contribution in [3.63, 3.8) is 0 Å². The van der Waals surface area contributed by atoms with Gasteiger partial charge in [-0.05, 0) is 30.2 Å². The van der Waals surface area contributed by atoms with Crippen molar-refractivity contribution in [1.29, 1.82) is 0 Å². The molecule has 1 aromatic carbocycles. The van der Waals surface area contributed by atoms with Crippen LogP contribution in [0.5, 0.6) is 0 Å². The Balaban J connectivity index is 1.83. The topological polar surface area (TPSA) is 63.6 Å². The van der Waals surface area contributed by atoms with Crippen LogP contribution in [0.3, 0.4) is 0 Å². The van der Waals surface area contributed by atoms with Crippen molar-refractivity contribution in [2.24, 2.45) is 0 Å². The number of anilines is 1. The van der Waals surface area contributed by atoms with E-state index in [1.807, 2.05) is 24.5 Å². The van der Waals surface area contributed by atoms with Crippen LogP contribution in [0.1, 0.15) is 18.5 Å². The second-order valence-corrected chi connectivity index (χ2v) is 4.71. The quantitative estimate of drug-likeness (QED) is 0.794. The van der Waals surface area contributed by atoms with Crippen molar-refractivity contribution < 1.29 is 0 Å². The van der Waals surface area contributed by atoms with Crippen LogP contribution in [-0.4, -0.2) is 19.9 Å². The van der Waals surface area contributed by atoms with Gasteiger partial charge >= 0.3 is 0 Å². The fourth-order valence-electron chi connectivity index (χ4n) is 2.12. The van der Waals surface area contributed by atoms with Crippen LogP contribution in [0.2, 0.25) is 0 Å². The highest BCUT2D eigenvalue weighted by atomic mass is 15.0. The van der Waals surface area contributed by atoms with E-state index in [-0.39, 0.29) is 6.04 Å². The van der Waals surface area contributed by atoms with E-state index in [9.17, 15) is 0 Å². The number of hydrogen-bond acceptors (Lipinski definition) is 5. The molecule has 0 bridgehead atoms. The molecule has 0 fully saturated rings. The van der Waals surface area contributed by atoms with Gasteiger partial charge in [-0.3, -0.25) is 0 Å². The molecule has 21 heavy (non-hydrogen) atoms. The largest absolute Gasteiger partial charge is 0.363 e. The molecule has 0 saturated heterocycles. The first-order valence-electron chi connectivity index (χ1n) is 6.71. The summed E-state index contributed by atoms with van der Waals surface area (Å²) in [6.07, 6.45) is 8.42. The molecule has 0 saturated carbocycles. The monoisotopic (exact) mass is 277 g/mol. The Hall–Kier alpha value is -2.82. The molecule has 104 valence electrons. The van der Waals surface area contributed by atoms with E-state index >= 15 is 0 Å². The van der Waals surface area contributed by atoms with Crippen molar-refractivity contribution >= 4 is 5.82 Å². The van der Waals surface area contributed by atoms with E-state index in [1.165, 1.54) is 18.2 Å². The predicted molar refractivity (Wildman–Crippen MR) is 81.5 cm³/mol. The molecule has 3 rings (SSSR count). The number of rotatable bonds is 4. The summed E-state index contributed by atoms with van der Waals surface area (Å²) >= 11 is 0. The number of hydrogen-bond donors (Lipinski definition) is 1.